The molecule has 0 saturated heterocycles. The standard InChI is InChI=1S/C18H22FN3O3/c1-13-14(12-21-22(13)16-9-6-5-8-15(16)19)18(25)20-11-7-3-2-4-10-17(23)24/h5-6,8-9,12H,2-4,7,10-11H2,1H3,(H,20,25)(H,23,24). The topological polar surface area (TPSA) is 84.2 Å². The van der Waals surface area contributed by atoms with Gasteiger partial charge >= 0.3 is 5.97 Å². The number of carboxylic acids is 1. The summed E-state index contributed by atoms with van der Waals surface area (Å²) in [5.74, 6) is -1.43. The Kier molecular flexibility index (Phi) is 6.68. The van der Waals surface area contributed by atoms with Gasteiger partial charge < -0.3 is 10.4 Å². The number of hydrogen-bond acceptors (Lipinski definition) is 3. The number of aliphatic carboxylic acids is 1. The lowest BCUT2D eigenvalue weighted by atomic mass is 10.1. The molecular weight excluding hydrogens is 325 g/mol. The number of carboxylic acid groups (broad SMARTS) is 1. The molecule has 6 nitrogen and oxygen atoms in total. The molecule has 0 spiro atoms. The van der Waals surface area contributed by atoms with Crippen molar-refractivity contribution in [2.45, 2.75) is 39.0 Å². The highest BCUT2D eigenvalue weighted by atomic mass is 19.1. The van der Waals surface area contributed by atoms with Gasteiger partial charge in [0.25, 0.3) is 5.91 Å². The number of benzene rings is 1. The van der Waals surface area contributed by atoms with Crippen LogP contribution in [0.25, 0.3) is 5.69 Å². The van der Waals surface area contributed by atoms with Gasteiger partial charge in [-0.3, -0.25) is 9.59 Å². The minimum Gasteiger partial charge on any atom is -0.481 e. The molecule has 0 fully saturated rings. The Hall–Kier alpha value is -2.70. The highest BCUT2D eigenvalue weighted by Gasteiger charge is 2.16. The molecule has 134 valence electrons. The zero-order chi connectivity index (χ0) is 18.2. The van der Waals surface area contributed by atoms with Crippen molar-refractivity contribution in [2.75, 3.05) is 6.54 Å². The second-order valence-electron chi connectivity index (χ2n) is 5.82. The summed E-state index contributed by atoms with van der Waals surface area (Å²) in [7, 11) is 0. The molecule has 1 heterocycles. The quantitative estimate of drug-likeness (QED) is 0.683. The Labute approximate surface area is 145 Å². The first-order valence-electron chi connectivity index (χ1n) is 8.30. The van der Waals surface area contributed by atoms with Crippen LogP contribution in [0.5, 0.6) is 0 Å². The van der Waals surface area contributed by atoms with Gasteiger partial charge in [0.2, 0.25) is 0 Å². The first-order valence-corrected chi connectivity index (χ1v) is 8.30. The van der Waals surface area contributed by atoms with Crippen LogP contribution in [-0.2, 0) is 4.79 Å². The molecule has 1 aromatic heterocycles. The summed E-state index contributed by atoms with van der Waals surface area (Å²) in [6, 6.07) is 6.26. The zero-order valence-corrected chi connectivity index (χ0v) is 14.2. The summed E-state index contributed by atoms with van der Waals surface area (Å²) in [5.41, 5.74) is 1.29. The lowest BCUT2D eigenvalue weighted by Crippen LogP contribution is -2.25. The average molecular weight is 347 g/mol. The van der Waals surface area contributed by atoms with E-state index in [1.54, 1.807) is 25.1 Å². The van der Waals surface area contributed by atoms with Gasteiger partial charge in [0.1, 0.15) is 11.5 Å². The number of rotatable bonds is 9. The molecule has 0 radical (unpaired) electrons. The molecule has 0 unspecified atom stereocenters. The van der Waals surface area contributed by atoms with E-state index in [4.69, 9.17) is 5.11 Å². The largest absolute Gasteiger partial charge is 0.481 e. The molecular formula is C18H22FN3O3. The minimum atomic E-state index is -0.782. The number of halogens is 1. The number of hydrogen-bond donors (Lipinski definition) is 2. The fourth-order valence-corrected chi connectivity index (χ4v) is 2.55. The Morgan fingerprint density at radius 3 is 2.64 bits per heavy atom. The Morgan fingerprint density at radius 1 is 1.20 bits per heavy atom. The molecule has 7 heteroatoms. The van der Waals surface area contributed by atoms with Gasteiger partial charge in [0.15, 0.2) is 0 Å². The third-order valence-corrected chi connectivity index (χ3v) is 3.94. The summed E-state index contributed by atoms with van der Waals surface area (Å²) in [4.78, 5) is 22.6. The lowest BCUT2D eigenvalue weighted by molar-refractivity contribution is -0.137. The lowest BCUT2D eigenvalue weighted by Gasteiger charge is -2.07. The monoisotopic (exact) mass is 347 g/mol. The summed E-state index contributed by atoms with van der Waals surface area (Å²) in [5, 5.41) is 15.5. The number of carbonyl (C=O) groups excluding carboxylic acids is 1. The molecule has 0 bridgehead atoms. The average Bonchev–Trinajstić information content (AvgIpc) is 2.95. The highest BCUT2D eigenvalue weighted by Crippen LogP contribution is 2.17. The van der Waals surface area contributed by atoms with Crippen molar-refractivity contribution in [1.82, 2.24) is 15.1 Å². The summed E-state index contributed by atoms with van der Waals surface area (Å²) in [6.07, 6.45) is 4.74. The second kappa shape index (κ2) is 8.96. The third-order valence-electron chi connectivity index (χ3n) is 3.94. The Morgan fingerprint density at radius 2 is 1.92 bits per heavy atom. The van der Waals surface area contributed by atoms with Gasteiger partial charge in [-0.05, 0) is 31.9 Å². The third kappa shape index (κ3) is 5.14. The summed E-state index contributed by atoms with van der Waals surface area (Å²) >= 11 is 0. The van der Waals surface area contributed by atoms with Crippen molar-refractivity contribution in [3.05, 3.63) is 47.5 Å². The number of nitrogens with zero attached hydrogens (tertiary/aromatic N) is 2. The van der Waals surface area contributed by atoms with Crippen LogP contribution in [0.4, 0.5) is 4.39 Å². The number of nitrogens with one attached hydrogen (secondary N) is 1. The van der Waals surface area contributed by atoms with E-state index < -0.39 is 11.8 Å². The van der Waals surface area contributed by atoms with Crippen molar-refractivity contribution in [2.24, 2.45) is 0 Å². The predicted molar refractivity (Wildman–Crippen MR) is 91.3 cm³/mol. The maximum absolute atomic E-state index is 13.9. The Bertz CT molecular complexity index is 743. The molecule has 1 aromatic carbocycles. The zero-order valence-electron chi connectivity index (χ0n) is 14.2. The molecule has 0 saturated carbocycles. The smallest absolute Gasteiger partial charge is 0.303 e. The van der Waals surface area contributed by atoms with Gasteiger partial charge in [-0.2, -0.15) is 5.10 Å². The van der Waals surface area contributed by atoms with E-state index >= 15 is 0 Å². The van der Waals surface area contributed by atoms with Crippen molar-refractivity contribution in [3.63, 3.8) is 0 Å². The van der Waals surface area contributed by atoms with Crippen LogP contribution in [-0.4, -0.2) is 33.3 Å². The van der Waals surface area contributed by atoms with E-state index in [0.717, 1.165) is 19.3 Å². The first kappa shape index (κ1) is 18.6. The number of aromatic nitrogens is 2. The molecule has 0 aliphatic heterocycles. The van der Waals surface area contributed by atoms with Crippen LogP contribution in [0.15, 0.2) is 30.5 Å². The van der Waals surface area contributed by atoms with E-state index in [2.05, 4.69) is 10.4 Å². The van der Waals surface area contributed by atoms with Crippen molar-refractivity contribution >= 4 is 11.9 Å². The van der Waals surface area contributed by atoms with Crippen molar-refractivity contribution in [1.29, 1.82) is 0 Å². The number of unbranched alkanes of at least 4 members (excludes halogenated alkanes) is 3. The molecule has 2 rings (SSSR count). The molecule has 2 aromatic rings. The van der Waals surface area contributed by atoms with Gasteiger partial charge in [-0.1, -0.05) is 25.0 Å². The fourth-order valence-electron chi connectivity index (χ4n) is 2.55. The van der Waals surface area contributed by atoms with Crippen LogP contribution in [0, 0.1) is 12.7 Å². The number of amides is 1. The SMILES string of the molecule is Cc1c(C(=O)NCCCCCCC(=O)O)cnn1-c1ccccc1F. The van der Waals surface area contributed by atoms with E-state index in [0.29, 0.717) is 29.9 Å². The molecule has 1 amide bonds. The summed E-state index contributed by atoms with van der Waals surface area (Å²) in [6.45, 7) is 2.23. The van der Waals surface area contributed by atoms with Gasteiger partial charge in [0, 0.05) is 13.0 Å². The summed E-state index contributed by atoms with van der Waals surface area (Å²) < 4.78 is 15.3. The van der Waals surface area contributed by atoms with Crippen LogP contribution >= 0.6 is 0 Å². The van der Waals surface area contributed by atoms with Crippen LogP contribution in [0.3, 0.4) is 0 Å². The van der Waals surface area contributed by atoms with Crippen molar-refractivity contribution < 1.29 is 19.1 Å². The van der Waals surface area contributed by atoms with Crippen LogP contribution < -0.4 is 5.32 Å². The number of para-hydroxylation sites is 1. The highest BCUT2D eigenvalue weighted by molar-refractivity contribution is 5.95. The van der Waals surface area contributed by atoms with E-state index in [1.807, 2.05) is 0 Å². The second-order valence-corrected chi connectivity index (χ2v) is 5.82. The predicted octanol–water partition coefficient (Wildman–Crippen LogP) is 3.08. The maximum Gasteiger partial charge on any atom is 0.303 e. The molecule has 25 heavy (non-hydrogen) atoms. The minimum absolute atomic E-state index is 0.181. The molecule has 2 N–H and O–H groups in total. The maximum atomic E-state index is 13.9. The molecule has 0 aliphatic carbocycles. The fraction of sp³-hybridized carbons (Fsp3) is 0.389. The Balaban J connectivity index is 1.85. The first-order chi connectivity index (χ1) is 12.0. The molecule has 0 aliphatic rings. The van der Waals surface area contributed by atoms with Gasteiger partial charge in [-0.15, -0.1) is 0 Å². The van der Waals surface area contributed by atoms with Crippen molar-refractivity contribution in [3.8, 4) is 5.69 Å². The van der Waals surface area contributed by atoms with Crippen LogP contribution in [0.1, 0.15) is 48.2 Å². The van der Waals surface area contributed by atoms with Gasteiger partial charge in [-0.25, -0.2) is 9.07 Å². The molecule has 0 atom stereocenters. The van der Waals surface area contributed by atoms with E-state index in [1.165, 1.54) is 16.9 Å². The van der Waals surface area contributed by atoms with Gasteiger partial charge in [0.05, 0.1) is 17.5 Å². The van der Waals surface area contributed by atoms with E-state index in [-0.39, 0.29) is 12.3 Å². The normalized spacial score (nSPS) is 10.6. The number of carbonyl (C=O) groups is 2. The van der Waals surface area contributed by atoms with Crippen LogP contribution in [0.2, 0.25) is 0 Å². The van der Waals surface area contributed by atoms with E-state index in [9.17, 15) is 14.0 Å².